The Hall–Kier alpha value is -1.68. The van der Waals surface area contributed by atoms with Crippen LogP contribution in [0, 0.1) is 17.8 Å². The number of para-hydroxylation sites is 1. The van der Waals surface area contributed by atoms with Crippen LogP contribution in [0.4, 0.5) is 5.69 Å². The number of piperidine rings is 1. The van der Waals surface area contributed by atoms with Crippen LogP contribution in [0.25, 0.3) is 0 Å². The Balaban J connectivity index is 1.77. The van der Waals surface area contributed by atoms with Crippen LogP contribution < -0.4 is 0 Å². The van der Waals surface area contributed by atoms with Gasteiger partial charge in [0.2, 0.25) is 0 Å². The third-order valence-corrected chi connectivity index (χ3v) is 7.13. The van der Waals surface area contributed by atoms with Gasteiger partial charge in [-0.15, -0.1) is 0 Å². The summed E-state index contributed by atoms with van der Waals surface area (Å²) in [5.41, 5.74) is 3.47. The van der Waals surface area contributed by atoms with Crippen molar-refractivity contribution in [3.63, 3.8) is 0 Å². The molecule has 0 radical (unpaired) electrons. The van der Waals surface area contributed by atoms with Crippen molar-refractivity contribution in [3.05, 3.63) is 29.8 Å². The second-order valence-electron chi connectivity index (χ2n) is 7.74. The first kappa shape index (κ1) is 14.6. The van der Waals surface area contributed by atoms with Gasteiger partial charge < -0.3 is 4.74 Å². The highest BCUT2D eigenvalue weighted by molar-refractivity contribution is 6.13. The van der Waals surface area contributed by atoms with E-state index >= 15 is 0 Å². The molecule has 126 valence electrons. The Morgan fingerprint density at radius 1 is 1.38 bits per heavy atom. The van der Waals surface area contributed by atoms with Crippen molar-refractivity contribution in [2.24, 2.45) is 22.7 Å². The molecule has 4 heteroatoms. The Bertz CT molecular complexity index is 743. The molecule has 0 N–H and O–H groups in total. The number of carbonyl (C=O) groups excluding carboxylic acids is 1. The van der Waals surface area contributed by atoms with E-state index in [9.17, 15) is 4.79 Å². The van der Waals surface area contributed by atoms with Crippen molar-refractivity contribution in [1.82, 2.24) is 4.90 Å². The van der Waals surface area contributed by atoms with E-state index in [2.05, 4.69) is 36.1 Å². The smallest absolute Gasteiger partial charge is 0.314 e. The maximum atomic E-state index is 12.8. The van der Waals surface area contributed by atoms with Crippen molar-refractivity contribution in [1.29, 1.82) is 0 Å². The Kier molecular flexibility index (Phi) is 3.00. The molecular formula is C20H24N2O2. The minimum Gasteiger partial charge on any atom is -0.469 e. The molecule has 24 heavy (non-hydrogen) atoms. The molecule has 3 aliphatic heterocycles. The summed E-state index contributed by atoms with van der Waals surface area (Å²) in [6.45, 7) is 4.51. The molecule has 0 amide bonds. The lowest BCUT2D eigenvalue weighted by Gasteiger charge is -2.55. The number of carbonyl (C=O) groups is 1. The van der Waals surface area contributed by atoms with Gasteiger partial charge in [-0.25, -0.2) is 0 Å². The minimum atomic E-state index is -0.163. The number of fused-ring (bicyclic) bond motifs is 2. The minimum absolute atomic E-state index is 0.0625. The van der Waals surface area contributed by atoms with Gasteiger partial charge in [0.25, 0.3) is 0 Å². The van der Waals surface area contributed by atoms with Gasteiger partial charge in [0.15, 0.2) is 0 Å². The highest BCUT2D eigenvalue weighted by atomic mass is 16.5. The Labute approximate surface area is 142 Å². The van der Waals surface area contributed by atoms with Gasteiger partial charge in [0.1, 0.15) is 0 Å². The van der Waals surface area contributed by atoms with Crippen LogP contribution in [-0.2, 0) is 14.9 Å². The predicted octanol–water partition coefficient (Wildman–Crippen LogP) is 2.93. The molecule has 2 bridgehead atoms. The number of benzene rings is 1. The first-order valence-corrected chi connectivity index (χ1v) is 9.22. The number of nitrogens with zero attached hydrogens (tertiary/aromatic N) is 2. The zero-order valence-electron chi connectivity index (χ0n) is 14.4. The van der Waals surface area contributed by atoms with Crippen LogP contribution in [0.2, 0.25) is 0 Å². The molecule has 1 aliphatic carbocycles. The van der Waals surface area contributed by atoms with Gasteiger partial charge >= 0.3 is 5.97 Å². The van der Waals surface area contributed by atoms with Crippen LogP contribution in [0.1, 0.15) is 31.7 Å². The molecule has 1 saturated carbocycles. The number of rotatable bonds is 2. The fraction of sp³-hybridized carbons (Fsp3) is 0.600. The average molecular weight is 324 g/mol. The molecule has 4 nitrogen and oxygen atoms in total. The van der Waals surface area contributed by atoms with E-state index < -0.39 is 0 Å². The molecule has 5 atom stereocenters. The lowest BCUT2D eigenvalue weighted by atomic mass is 9.53. The van der Waals surface area contributed by atoms with E-state index in [0.29, 0.717) is 17.9 Å². The first-order valence-electron chi connectivity index (χ1n) is 9.22. The molecule has 4 aliphatic rings. The Morgan fingerprint density at radius 3 is 3.00 bits per heavy atom. The standard InChI is InChI=1S/C20H24N2O2/c1-3-12-13-8-10-22-11-9-20(18(12)22)14-6-4-5-7-15(14)21-17(20)16(13)19(23)24-2/h4-7,12-13,16,18H,3,8-11H2,1-2H3/t12-,13-,16?,18+,20+/m0/s1. The quantitative estimate of drug-likeness (QED) is 0.786. The van der Waals surface area contributed by atoms with Crippen molar-refractivity contribution in [3.8, 4) is 0 Å². The molecule has 2 saturated heterocycles. The third-order valence-electron chi connectivity index (χ3n) is 7.13. The highest BCUT2D eigenvalue weighted by Gasteiger charge is 2.67. The van der Waals surface area contributed by atoms with E-state index in [1.54, 1.807) is 0 Å². The molecule has 3 heterocycles. The van der Waals surface area contributed by atoms with Crippen molar-refractivity contribution in [2.45, 2.75) is 37.6 Å². The second-order valence-corrected chi connectivity index (χ2v) is 7.74. The summed E-state index contributed by atoms with van der Waals surface area (Å²) in [4.78, 5) is 20.5. The predicted molar refractivity (Wildman–Crippen MR) is 92.6 cm³/mol. The van der Waals surface area contributed by atoms with E-state index in [0.717, 1.165) is 43.8 Å². The summed E-state index contributed by atoms with van der Waals surface area (Å²) in [6, 6.07) is 9.03. The second kappa shape index (κ2) is 4.92. The maximum absolute atomic E-state index is 12.8. The molecule has 1 aromatic rings. The van der Waals surface area contributed by atoms with Gasteiger partial charge in [-0.2, -0.15) is 0 Å². The van der Waals surface area contributed by atoms with Crippen LogP contribution >= 0.6 is 0 Å². The van der Waals surface area contributed by atoms with Gasteiger partial charge in [-0.1, -0.05) is 31.5 Å². The van der Waals surface area contributed by atoms with E-state index in [1.165, 1.54) is 12.7 Å². The van der Waals surface area contributed by atoms with Crippen LogP contribution in [0.5, 0.6) is 0 Å². The number of hydrogen-bond donors (Lipinski definition) is 0. The van der Waals surface area contributed by atoms with Gasteiger partial charge in [-0.3, -0.25) is 14.7 Å². The van der Waals surface area contributed by atoms with Crippen molar-refractivity contribution >= 4 is 17.4 Å². The normalized spacial score (nSPS) is 39.2. The number of ether oxygens (including phenoxy) is 1. The third kappa shape index (κ3) is 1.53. The molecule has 3 fully saturated rings. The van der Waals surface area contributed by atoms with Gasteiger partial charge in [0, 0.05) is 11.8 Å². The summed E-state index contributed by atoms with van der Waals surface area (Å²) in [5, 5.41) is 0. The first-order chi connectivity index (χ1) is 11.7. The number of methoxy groups -OCH3 is 1. The summed E-state index contributed by atoms with van der Waals surface area (Å²) >= 11 is 0. The molecule has 1 spiro atoms. The van der Waals surface area contributed by atoms with Crippen molar-refractivity contribution in [2.75, 3.05) is 20.2 Å². The SMILES string of the molecule is CC[C@H]1[C@@H]2CCN3CC[C@@]4(C(=Nc5ccccc54)C2C(=O)OC)[C@@H]13. The summed E-state index contributed by atoms with van der Waals surface area (Å²) < 4.78 is 5.25. The largest absolute Gasteiger partial charge is 0.469 e. The van der Waals surface area contributed by atoms with E-state index in [-0.39, 0.29) is 17.3 Å². The average Bonchev–Trinajstić information content (AvgIpc) is 3.17. The lowest BCUT2D eigenvalue weighted by Crippen LogP contribution is -2.64. The van der Waals surface area contributed by atoms with E-state index in [1.807, 2.05) is 0 Å². The maximum Gasteiger partial charge on any atom is 0.314 e. The molecule has 5 rings (SSSR count). The molecule has 1 aromatic carbocycles. The molecule has 0 aromatic heterocycles. The monoisotopic (exact) mass is 324 g/mol. The van der Waals surface area contributed by atoms with Crippen molar-refractivity contribution < 1.29 is 9.53 Å². The number of esters is 1. The van der Waals surface area contributed by atoms with E-state index in [4.69, 9.17) is 9.73 Å². The fourth-order valence-electron chi connectivity index (χ4n) is 6.36. The van der Waals surface area contributed by atoms with Crippen LogP contribution in [0.3, 0.4) is 0 Å². The summed E-state index contributed by atoms with van der Waals surface area (Å²) in [7, 11) is 1.52. The van der Waals surface area contributed by atoms with Gasteiger partial charge in [0.05, 0.1) is 24.1 Å². The van der Waals surface area contributed by atoms with Crippen LogP contribution in [-0.4, -0.2) is 42.8 Å². The molecule has 1 unspecified atom stereocenters. The summed E-state index contributed by atoms with van der Waals surface area (Å²) in [6.07, 6.45) is 3.29. The Morgan fingerprint density at radius 2 is 2.21 bits per heavy atom. The zero-order valence-corrected chi connectivity index (χ0v) is 14.4. The highest BCUT2D eigenvalue weighted by Crippen LogP contribution is 2.61. The fourth-order valence-corrected chi connectivity index (χ4v) is 6.36. The topological polar surface area (TPSA) is 41.9 Å². The van der Waals surface area contributed by atoms with Gasteiger partial charge in [-0.05, 0) is 49.4 Å². The summed E-state index contributed by atoms with van der Waals surface area (Å²) in [5.74, 6) is 0.686. The number of aliphatic imine (C=N–C) groups is 1. The van der Waals surface area contributed by atoms with Crippen LogP contribution in [0.15, 0.2) is 29.3 Å². The molecular weight excluding hydrogens is 300 g/mol. The number of hydrogen-bond acceptors (Lipinski definition) is 4. The lowest BCUT2D eigenvalue weighted by molar-refractivity contribution is -0.147. The zero-order chi connectivity index (χ0) is 16.5.